The number of hydrogen-bond acceptors (Lipinski definition) is 2. The van der Waals surface area contributed by atoms with E-state index in [9.17, 15) is 0 Å². The molecule has 2 heterocycles. The van der Waals surface area contributed by atoms with Gasteiger partial charge in [-0.2, -0.15) is 0 Å². The minimum Gasteiger partial charge on any atom is -0.300 e. The third-order valence-electron chi connectivity index (χ3n) is 4.13. The van der Waals surface area contributed by atoms with Crippen LogP contribution in [0.25, 0.3) is 0 Å². The van der Waals surface area contributed by atoms with Crippen molar-refractivity contribution >= 4 is 0 Å². The van der Waals surface area contributed by atoms with Gasteiger partial charge in [-0.15, -0.1) is 0 Å². The average molecular weight is 196 g/mol. The van der Waals surface area contributed by atoms with Gasteiger partial charge in [0.25, 0.3) is 0 Å². The standard InChI is InChI=1S/C12H24N2/c1-3-11-5-7-14(8-6-11)12-9-13(4-2)10-12/h11-12H,3-10H2,1-2H3. The molecule has 0 bridgehead atoms. The largest absolute Gasteiger partial charge is 0.300 e. The van der Waals surface area contributed by atoms with Crippen molar-refractivity contribution in [3.8, 4) is 0 Å². The number of likely N-dealkylation sites (N-methyl/N-ethyl adjacent to an activating group) is 1. The summed E-state index contributed by atoms with van der Waals surface area (Å²) in [7, 11) is 0. The molecule has 2 nitrogen and oxygen atoms in total. The Morgan fingerprint density at radius 3 is 2.21 bits per heavy atom. The third kappa shape index (κ3) is 2.12. The molecule has 2 fully saturated rings. The fourth-order valence-electron chi connectivity index (χ4n) is 2.76. The lowest BCUT2D eigenvalue weighted by molar-refractivity contribution is 0.0173. The zero-order valence-electron chi connectivity index (χ0n) is 9.71. The molecule has 0 spiro atoms. The minimum absolute atomic E-state index is 0.896. The summed E-state index contributed by atoms with van der Waals surface area (Å²) in [6.07, 6.45) is 4.28. The van der Waals surface area contributed by atoms with E-state index in [1.165, 1.54) is 52.0 Å². The molecule has 2 aliphatic heterocycles. The number of hydrogen-bond donors (Lipinski definition) is 0. The summed E-state index contributed by atoms with van der Waals surface area (Å²) in [5.74, 6) is 1.02. The second-order valence-corrected chi connectivity index (χ2v) is 4.89. The first-order valence-corrected chi connectivity index (χ1v) is 6.29. The fraction of sp³-hybridized carbons (Fsp3) is 1.00. The Bertz CT molecular complexity index is 167. The van der Waals surface area contributed by atoms with Crippen molar-refractivity contribution < 1.29 is 0 Å². The molecule has 0 aromatic carbocycles. The minimum atomic E-state index is 0.896. The van der Waals surface area contributed by atoms with E-state index >= 15 is 0 Å². The van der Waals surface area contributed by atoms with Crippen LogP contribution in [0.5, 0.6) is 0 Å². The first-order chi connectivity index (χ1) is 6.83. The van der Waals surface area contributed by atoms with Gasteiger partial charge in [-0.3, -0.25) is 4.90 Å². The maximum Gasteiger partial charge on any atom is 0.0350 e. The monoisotopic (exact) mass is 196 g/mol. The highest BCUT2D eigenvalue weighted by molar-refractivity contribution is 4.89. The van der Waals surface area contributed by atoms with Gasteiger partial charge in [0.1, 0.15) is 0 Å². The molecule has 14 heavy (non-hydrogen) atoms. The van der Waals surface area contributed by atoms with Gasteiger partial charge in [-0.1, -0.05) is 20.3 Å². The SMILES string of the molecule is CCC1CCN(C2CN(CC)C2)CC1. The van der Waals surface area contributed by atoms with E-state index in [1.54, 1.807) is 0 Å². The normalized spacial score (nSPS) is 27.9. The van der Waals surface area contributed by atoms with E-state index < -0.39 is 0 Å². The summed E-state index contributed by atoms with van der Waals surface area (Å²) in [5.41, 5.74) is 0. The van der Waals surface area contributed by atoms with Crippen molar-refractivity contribution in [1.29, 1.82) is 0 Å². The summed E-state index contributed by atoms with van der Waals surface area (Å²) in [5, 5.41) is 0. The summed E-state index contributed by atoms with van der Waals surface area (Å²) >= 11 is 0. The van der Waals surface area contributed by atoms with Crippen LogP contribution in [0.1, 0.15) is 33.1 Å². The Kier molecular flexibility index (Phi) is 3.45. The van der Waals surface area contributed by atoms with Crippen LogP contribution in [-0.2, 0) is 0 Å². The van der Waals surface area contributed by atoms with Gasteiger partial charge in [-0.05, 0) is 38.4 Å². The molecule has 2 rings (SSSR count). The predicted molar refractivity (Wildman–Crippen MR) is 60.5 cm³/mol. The number of piperidine rings is 1. The molecule has 0 saturated carbocycles. The Hall–Kier alpha value is -0.0800. The van der Waals surface area contributed by atoms with E-state index in [0.29, 0.717) is 0 Å². The molecule has 0 aliphatic carbocycles. The van der Waals surface area contributed by atoms with Gasteiger partial charge in [0.05, 0.1) is 0 Å². The van der Waals surface area contributed by atoms with Crippen LogP contribution in [0.2, 0.25) is 0 Å². The quantitative estimate of drug-likeness (QED) is 0.679. The van der Waals surface area contributed by atoms with Crippen LogP contribution >= 0.6 is 0 Å². The molecule has 0 radical (unpaired) electrons. The van der Waals surface area contributed by atoms with E-state index in [2.05, 4.69) is 23.6 Å². The second kappa shape index (κ2) is 4.63. The molecule has 82 valence electrons. The molecule has 2 saturated heterocycles. The van der Waals surface area contributed by atoms with Gasteiger partial charge in [0.2, 0.25) is 0 Å². The van der Waals surface area contributed by atoms with Crippen molar-refractivity contribution in [2.45, 2.75) is 39.2 Å². The maximum absolute atomic E-state index is 2.72. The van der Waals surface area contributed by atoms with Crippen LogP contribution < -0.4 is 0 Å². The van der Waals surface area contributed by atoms with Gasteiger partial charge >= 0.3 is 0 Å². The molecule has 0 amide bonds. The van der Waals surface area contributed by atoms with Crippen molar-refractivity contribution in [3.63, 3.8) is 0 Å². The summed E-state index contributed by atoms with van der Waals surface area (Å²) in [4.78, 5) is 5.26. The van der Waals surface area contributed by atoms with Crippen molar-refractivity contribution in [2.24, 2.45) is 5.92 Å². The number of likely N-dealkylation sites (tertiary alicyclic amines) is 2. The molecule has 0 aromatic heterocycles. The Balaban J connectivity index is 1.69. The molecule has 2 aliphatic rings. The lowest BCUT2D eigenvalue weighted by atomic mass is 9.92. The van der Waals surface area contributed by atoms with E-state index in [0.717, 1.165) is 12.0 Å². The Morgan fingerprint density at radius 2 is 1.71 bits per heavy atom. The summed E-state index contributed by atoms with van der Waals surface area (Å²) in [6.45, 7) is 11.2. The lowest BCUT2D eigenvalue weighted by Crippen LogP contribution is -2.60. The zero-order valence-corrected chi connectivity index (χ0v) is 9.71. The molecule has 0 atom stereocenters. The molecular formula is C12H24N2. The van der Waals surface area contributed by atoms with Crippen molar-refractivity contribution in [3.05, 3.63) is 0 Å². The highest BCUT2D eigenvalue weighted by Gasteiger charge is 2.32. The fourth-order valence-corrected chi connectivity index (χ4v) is 2.76. The predicted octanol–water partition coefficient (Wildman–Crippen LogP) is 1.81. The van der Waals surface area contributed by atoms with Crippen LogP contribution in [0.4, 0.5) is 0 Å². The Morgan fingerprint density at radius 1 is 1.07 bits per heavy atom. The molecular weight excluding hydrogens is 172 g/mol. The third-order valence-corrected chi connectivity index (χ3v) is 4.13. The van der Waals surface area contributed by atoms with Crippen LogP contribution in [0, 0.1) is 5.92 Å². The van der Waals surface area contributed by atoms with Gasteiger partial charge in [0.15, 0.2) is 0 Å². The average Bonchev–Trinajstić information content (AvgIpc) is 2.17. The van der Waals surface area contributed by atoms with Crippen LogP contribution in [-0.4, -0.2) is 48.6 Å². The summed E-state index contributed by atoms with van der Waals surface area (Å²) < 4.78 is 0. The molecule has 0 unspecified atom stereocenters. The van der Waals surface area contributed by atoms with E-state index in [4.69, 9.17) is 0 Å². The first-order valence-electron chi connectivity index (χ1n) is 6.29. The van der Waals surface area contributed by atoms with Crippen LogP contribution in [0.3, 0.4) is 0 Å². The number of rotatable bonds is 3. The molecule has 2 heteroatoms. The van der Waals surface area contributed by atoms with Crippen molar-refractivity contribution in [2.75, 3.05) is 32.7 Å². The molecule has 0 aromatic rings. The van der Waals surface area contributed by atoms with E-state index in [1.807, 2.05) is 0 Å². The van der Waals surface area contributed by atoms with Gasteiger partial charge in [-0.25, -0.2) is 0 Å². The van der Waals surface area contributed by atoms with E-state index in [-0.39, 0.29) is 0 Å². The summed E-state index contributed by atoms with van der Waals surface area (Å²) in [6, 6.07) is 0.896. The van der Waals surface area contributed by atoms with Crippen LogP contribution in [0.15, 0.2) is 0 Å². The van der Waals surface area contributed by atoms with Crippen molar-refractivity contribution in [1.82, 2.24) is 9.80 Å². The second-order valence-electron chi connectivity index (χ2n) is 4.89. The topological polar surface area (TPSA) is 6.48 Å². The molecule has 0 N–H and O–H groups in total. The highest BCUT2D eigenvalue weighted by atomic mass is 15.3. The first kappa shape index (κ1) is 10.4. The lowest BCUT2D eigenvalue weighted by Gasteiger charge is -2.47. The van der Waals surface area contributed by atoms with Gasteiger partial charge in [0, 0.05) is 19.1 Å². The number of nitrogens with zero attached hydrogens (tertiary/aromatic N) is 2. The van der Waals surface area contributed by atoms with Gasteiger partial charge < -0.3 is 4.90 Å². The smallest absolute Gasteiger partial charge is 0.0350 e. The Labute approximate surface area is 88.3 Å². The zero-order chi connectivity index (χ0) is 9.97. The maximum atomic E-state index is 2.72. The highest BCUT2D eigenvalue weighted by Crippen LogP contribution is 2.24.